The molecule has 0 atom stereocenters. The highest BCUT2D eigenvalue weighted by Crippen LogP contribution is 2.27. The third-order valence-corrected chi connectivity index (χ3v) is 5.24. The largest absolute Gasteiger partial charge is 0.260 e. The topological polar surface area (TPSA) is 82.9 Å². The van der Waals surface area contributed by atoms with Crippen LogP contribution in [0.2, 0.25) is 0 Å². The van der Waals surface area contributed by atoms with Crippen LogP contribution in [0.25, 0.3) is 0 Å². The van der Waals surface area contributed by atoms with Gasteiger partial charge in [-0.25, -0.2) is 12.8 Å². The normalized spacial score (nSPS) is 19.2. The van der Waals surface area contributed by atoms with Crippen LogP contribution in [-0.4, -0.2) is 18.9 Å². The molecule has 1 aliphatic carbocycles. The van der Waals surface area contributed by atoms with Crippen molar-refractivity contribution in [3.8, 4) is 6.07 Å². The maximum Gasteiger partial charge on any atom is 0.243 e. The first kappa shape index (κ1) is 15.9. The zero-order chi connectivity index (χ0) is 15.3. The van der Waals surface area contributed by atoms with E-state index in [2.05, 4.69) is 15.8 Å². The van der Waals surface area contributed by atoms with E-state index in [9.17, 15) is 18.1 Å². The Hall–Kier alpha value is -1.52. The summed E-state index contributed by atoms with van der Waals surface area (Å²) in [5.41, 5.74) is -1.11. The number of rotatable bonds is 3. The molecule has 0 saturated heterocycles. The van der Waals surface area contributed by atoms with Gasteiger partial charge in [0.25, 0.3) is 0 Å². The minimum absolute atomic E-state index is 0.251. The van der Waals surface area contributed by atoms with E-state index in [1.807, 2.05) is 0 Å². The summed E-state index contributed by atoms with van der Waals surface area (Å²) >= 11 is 0. The summed E-state index contributed by atoms with van der Waals surface area (Å²) < 4.78 is 40.3. The van der Waals surface area contributed by atoms with E-state index < -0.39 is 21.4 Å². The van der Waals surface area contributed by atoms with E-state index in [-0.39, 0.29) is 4.90 Å². The Balaban J connectivity index is 2.26. The number of hydrogen-bond acceptors (Lipinski definition) is 4. The molecule has 1 fully saturated rings. The first-order valence-electron chi connectivity index (χ1n) is 7.03. The van der Waals surface area contributed by atoms with Crippen molar-refractivity contribution in [3.05, 3.63) is 24.3 Å². The number of hydrogen-bond donors (Lipinski definition) is 1. The summed E-state index contributed by atoms with van der Waals surface area (Å²) in [6.07, 6.45) is 7.68. The lowest BCUT2D eigenvalue weighted by Gasteiger charge is -2.29. The van der Waals surface area contributed by atoms with Crippen LogP contribution in [-0.2, 0) is 10.0 Å². The smallest absolute Gasteiger partial charge is 0.243 e. The van der Waals surface area contributed by atoms with Crippen molar-refractivity contribution in [1.82, 2.24) is 9.71 Å². The number of sulfonamides is 1. The molecule has 0 spiro atoms. The van der Waals surface area contributed by atoms with Gasteiger partial charge in [-0.3, -0.25) is 4.98 Å². The Kier molecular flexibility index (Phi) is 4.91. The fourth-order valence-electron chi connectivity index (χ4n) is 2.60. The first-order chi connectivity index (χ1) is 9.97. The van der Waals surface area contributed by atoms with E-state index in [4.69, 9.17) is 0 Å². The van der Waals surface area contributed by atoms with Gasteiger partial charge >= 0.3 is 0 Å². The van der Waals surface area contributed by atoms with Crippen molar-refractivity contribution in [2.24, 2.45) is 0 Å². The molecule has 0 aromatic carbocycles. The van der Waals surface area contributed by atoms with Gasteiger partial charge in [-0.1, -0.05) is 32.1 Å². The molecule has 0 unspecified atom stereocenters. The Morgan fingerprint density at radius 2 is 1.81 bits per heavy atom. The van der Waals surface area contributed by atoms with E-state index in [1.54, 1.807) is 0 Å². The third kappa shape index (κ3) is 3.99. The SMILES string of the molecule is N#CC1(NS(=O)(=O)c2cncc(F)c2)CCCCCCC1. The Labute approximate surface area is 124 Å². The molecule has 1 heterocycles. The van der Waals surface area contributed by atoms with Crippen molar-refractivity contribution < 1.29 is 12.8 Å². The van der Waals surface area contributed by atoms with E-state index in [1.165, 1.54) is 0 Å². The van der Waals surface area contributed by atoms with Crippen molar-refractivity contribution in [2.75, 3.05) is 0 Å². The second kappa shape index (κ2) is 6.50. The highest BCUT2D eigenvalue weighted by Gasteiger charge is 2.35. The van der Waals surface area contributed by atoms with Crippen LogP contribution >= 0.6 is 0 Å². The van der Waals surface area contributed by atoms with E-state index in [0.29, 0.717) is 12.8 Å². The zero-order valence-corrected chi connectivity index (χ0v) is 12.5. The molecule has 1 aromatic rings. The maximum absolute atomic E-state index is 13.2. The number of halogens is 1. The summed E-state index contributed by atoms with van der Waals surface area (Å²) in [5.74, 6) is -0.721. The van der Waals surface area contributed by atoms with Crippen LogP contribution in [0.15, 0.2) is 23.4 Å². The number of nitriles is 1. The average molecular weight is 311 g/mol. The Morgan fingerprint density at radius 3 is 2.38 bits per heavy atom. The van der Waals surface area contributed by atoms with Crippen LogP contribution in [0, 0.1) is 17.1 Å². The van der Waals surface area contributed by atoms with Gasteiger partial charge in [0.2, 0.25) is 10.0 Å². The van der Waals surface area contributed by atoms with E-state index in [0.717, 1.165) is 50.6 Å². The van der Waals surface area contributed by atoms with Gasteiger partial charge in [0.1, 0.15) is 16.3 Å². The lowest BCUT2D eigenvalue weighted by Crippen LogP contribution is -2.47. The average Bonchev–Trinajstić information content (AvgIpc) is 2.42. The molecule has 0 bridgehead atoms. The van der Waals surface area contributed by atoms with E-state index >= 15 is 0 Å². The lowest BCUT2D eigenvalue weighted by atomic mass is 9.86. The molecule has 5 nitrogen and oxygen atoms in total. The van der Waals surface area contributed by atoms with Crippen LogP contribution in [0.1, 0.15) is 44.9 Å². The van der Waals surface area contributed by atoms with Crippen LogP contribution in [0.4, 0.5) is 4.39 Å². The predicted octanol–water partition coefficient (Wildman–Crippen LogP) is 2.51. The fraction of sp³-hybridized carbons (Fsp3) is 0.571. The van der Waals surface area contributed by atoms with Gasteiger partial charge in [-0.2, -0.15) is 9.98 Å². The molecule has 2 rings (SSSR count). The maximum atomic E-state index is 13.2. The fourth-order valence-corrected chi connectivity index (χ4v) is 3.95. The minimum Gasteiger partial charge on any atom is -0.260 e. The molecule has 21 heavy (non-hydrogen) atoms. The molecule has 0 aliphatic heterocycles. The Bertz CT molecular complexity index is 632. The standard InChI is InChI=1S/C14H18FN3O2S/c15-12-8-13(10-17-9-12)21(19,20)18-14(11-16)6-4-2-1-3-5-7-14/h8-10,18H,1-7H2. The molecular formula is C14H18FN3O2S. The second-order valence-electron chi connectivity index (χ2n) is 5.41. The third-order valence-electron chi connectivity index (χ3n) is 3.74. The summed E-state index contributed by atoms with van der Waals surface area (Å²) in [7, 11) is -3.96. The molecule has 0 radical (unpaired) electrons. The van der Waals surface area contributed by atoms with Gasteiger partial charge in [0, 0.05) is 6.20 Å². The monoisotopic (exact) mass is 311 g/mol. The van der Waals surface area contributed by atoms with Gasteiger partial charge in [-0.05, 0) is 18.9 Å². The van der Waals surface area contributed by atoms with Crippen LogP contribution < -0.4 is 4.72 Å². The molecule has 1 saturated carbocycles. The van der Waals surface area contributed by atoms with Gasteiger partial charge in [-0.15, -0.1) is 0 Å². The van der Waals surface area contributed by atoms with Crippen LogP contribution in [0.5, 0.6) is 0 Å². The molecular weight excluding hydrogens is 293 g/mol. The summed E-state index contributed by atoms with van der Waals surface area (Å²) in [6.45, 7) is 0. The quantitative estimate of drug-likeness (QED) is 0.929. The number of nitrogens with zero attached hydrogens (tertiary/aromatic N) is 2. The van der Waals surface area contributed by atoms with Gasteiger partial charge in [0.15, 0.2) is 0 Å². The van der Waals surface area contributed by atoms with Crippen molar-refractivity contribution in [2.45, 2.75) is 55.4 Å². The molecule has 0 amide bonds. The molecule has 7 heteroatoms. The molecule has 1 aromatic heterocycles. The Morgan fingerprint density at radius 1 is 1.19 bits per heavy atom. The van der Waals surface area contributed by atoms with Crippen molar-refractivity contribution in [3.63, 3.8) is 0 Å². The summed E-state index contributed by atoms with van der Waals surface area (Å²) in [4.78, 5) is 3.30. The summed E-state index contributed by atoms with van der Waals surface area (Å²) in [5, 5.41) is 9.46. The second-order valence-corrected chi connectivity index (χ2v) is 7.09. The van der Waals surface area contributed by atoms with Gasteiger partial charge < -0.3 is 0 Å². The van der Waals surface area contributed by atoms with Crippen LogP contribution in [0.3, 0.4) is 0 Å². The van der Waals surface area contributed by atoms with Crippen molar-refractivity contribution in [1.29, 1.82) is 5.26 Å². The van der Waals surface area contributed by atoms with Gasteiger partial charge in [0.05, 0.1) is 12.3 Å². The lowest BCUT2D eigenvalue weighted by molar-refractivity contribution is 0.357. The number of aromatic nitrogens is 1. The minimum atomic E-state index is -3.96. The molecule has 1 N–H and O–H groups in total. The highest BCUT2D eigenvalue weighted by atomic mass is 32.2. The summed E-state index contributed by atoms with van der Waals surface area (Å²) in [6, 6.07) is 3.03. The number of nitrogens with one attached hydrogen (secondary N) is 1. The zero-order valence-electron chi connectivity index (χ0n) is 11.7. The highest BCUT2D eigenvalue weighted by molar-refractivity contribution is 7.89. The number of pyridine rings is 1. The first-order valence-corrected chi connectivity index (χ1v) is 8.52. The van der Waals surface area contributed by atoms with Crippen molar-refractivity contribution >= 4 is 10.0 Å². The molecule has 1 aliphatic rings. The molecule has 114 valence electrons. The predicted molar refractivity (Wildman–Crippen MR) is 75.2 cm³/mol.